The van der Waals surface area contributed by atoms with Gasteiger partial charge in [0.15, 0.2) is 0 Å². The van der Waals surface area contributed by atoms with Gasteiger partial charge in [0.05, 0.1) is 0 Å². The van der Waals surface area contributed by atoms with Crippen molar-refractivity contribution in [2.75, 3.05) is 19.8 Å². The first-order valence-electron chi connectivity index (χ1n) is 5.45. The van der Waals surface area contributed by atoms with Gasteiger partial charge < -0.3 is 14.2 Å². The fraction of sp³-hybridized carbons (Fsp3) is 0.900. The molecular weight excluding hydrogens is 196 g/mol. The summed E-state index contributed by atoms with van der Waals surface area (Å²) >= 11 is 0. The molecule has 0 aromatic carbocycles. The van der Waals surface area contributed by atoms with Gasteiger partial charge in [0, 0.05) is 19.8 Å². The highest BCUT2D eigenvalue weighted by Crippen LogP contribution is 2.16. The van der Waals surface area contributed by atoms with Crippen LogP contribution in [0.25, 0.3) is 0 Å². The van der Waals surface area contributed by atoms with Crippen molar-refractivity contribution in [1.82, 2.24) is 0 Å². The molecule has 1 radical (unpaired) electrons. The first-order chi connectivity index (χ1) is 6.74. The van der Waals surface area contributed by atoms with Gasteiger partial charge in [-0.1, -0.05) is 19.4 Å². The van der Waals surface area contributed by atoms with Gasteiger partial charge in [-0.05, 0) is 20.8 Å². The first kappa shape index (κ1) is 14.1. The summed E-state index contributed by atoms with van der Waals surface area (Å²) in [5, 5.41) is 0. The highest BCUT2D eigenvalue weighted by atomic mass is 28.2. The van der Waals surface area contributed by atoms with Crippen molar-refractivity contribution in [3.63, 3.8) is 0 Å². The molecule has 0 heterocycles. The van der Waals surface area contributed by atoms with Gasteiger partial charge in [0.1, 0.15) is 9.52 Å². The van der Waals surface area contributed by atoms with E-state index in [2.05, 4.69) is 6.92 Å². The average molecular weight is 219 g/mol. The van der Waals surface area contributed by atoms with E-state index < -0.39 is 15.1 Å². The monoisotopic (exact) mass is 219 g/mol. The minimum atomic E-state index is -0.698. The molecular formula is C10H23O3Si. The van der Waals surface area contributed by atoms with Crippen LogP contribution in [0.5, 0.6) is 0 Å². The predicted octanol–water partition coefficient (Wildman–Crippen LogP) is 1.52. The highest BCUT2D eigenvalue weighted by molar-refractivity contribution is 6.38. The second kappa shape index (κ2) is 8.41. The van der Waals surface area contributed by atoms with E-state index in [1.165, 1.54) is 0 Å². The summed E-state index contributed by atoms with van der Waals surface area (Å²) in [4.78, 5) is 0. The third-order valence-electron chi connectivity index (χ3n) is 1.83. The molecule has 0 aliphatic heterocycles. The summed E-state index contributed by atoms with van der Waals surface area (Å²) in [7, 11) is -0.544. The summed E-state index contributed by atoms with van der Waals surface area (Å²) in [6, 6.07) is 1.08. The normalized spacial score (nSPS) is 12.9. The fourth-order valence-electron chi connectivity index (χ4n) is 1.34. The molecule has 14 heavy (non-hydrogen) atoms. The lowest BCUT2D eigenvalue weighted by Crippen LogP contribution is -2.45. The van der Waals surface area contributed by atoms with Crippen molar-refractivity contribution >= 4 is 9.52 Å². The molecule has 0 fully saturated rings. The lowest BCUT2D eigenvalue weighted by molar-refractivity contribution is -0.323. The minimum absolute atomic E-state index is 0.544. The SMILES string of the molecule is [CH2]CC[SiH2]C(OCC)(OCC)OCC. The van der Waals surface area contributed by atoms with Crippen molar-refractivity contribution in [3.8, 4) is 0 Å². The summed E-state index contributed by atoms with van der Waals surface area (Å²) in [5.74, 6) is 0. The molecule has 0 saturated carbocycles. The van der Waals surface area contributed by atoms with E-state index in [0.717, 1.165) is 12.5 Å². The molecule has 0 bridgehead atoms. The van der Waals surface area contributed by atoms with Gasteiger partial charge in [0.2, 0.25) is 5.60 Å². The third kappa shape index (κ3) is 5.10. The maximum atomic E-state index is 5.60. The van der Waals surface area contributed by atoms with Gasteiger partial charge in [-0.15, -0.1) is 0 Å². The quantitative estimate of drug-likeness (QED) is 0.435. The molecule has 0 amide bonds. The molecule has 0 rings (SSSR count). The maximum Gasteiger partial charge on any atom is 0.249 e. The van der Waals surface area contributed by atoms with Crippen LogP contribution in [0.1, 0.15) is 27.2 Å². The Hall–Kier alpha value is 0.0969. The molecule has 0 aliphatic rings. The van der Waals surface area contributed by atoms with E-state index >= 15 is 0 Å². The van der Waals surface area contributed by atoms with Crippen LogP contribution in [0.2, 0.25) is 6.04 Å². The Kier molecular flexibility index (Phi) is 8.47. The molecule has 3 nitrogen and oxygen atoms in total. The van der Waals surface area contributed by atoms with Crippen LogP contribution in [0, 0.1) is 6.92 Å². The van der Waals surface area contributed by atoms with Crippen molar-refractivity contribution in [3.05, 3.63) is 6.92 Å². The Labute approximate surface area is 89.9 Å². The zero-order chi connectivity index (χ0) is 10.9. The van der Waals surface area contributed by atoms with Crippen molar-refractivity contribution in [2.45, 2.75) is 38.8 Å². The zero-order valence-electron chi connectivity index (χ0n) is 9.67. The van der Waals surface area contributed by atoms with Crippen LogP contribution in [0.15, 0.2) is 0 Å². The standard InChI is InChI=1S/C10H23O3Si/c1-5-9-14-10(11-6-2,12-7-3)13-8-4/h1,5-9,14H2,2-4H3. The van der Waals surface area contributed by atoms with Crippen LogP contribution in [0.4, 0.5) is 0 Å². The second-order valence-corrected chi connectivity index (χ2v) is 5.01. The van der Waals surface area contributed by atoms with Crippen molar-refractivity contribution < 1.29 is 14.2 Å². The fourth-order valence-corrected chi connectivity index (χ4v) is 3.07. The predicted molar refractivity (Wildman–Crippen MR) is 60.9 cm³/mol. The summed E-state index contributed by atoms with van der Waals surface area (Å²) in [5.41, 5.74) is -0.698. The minimum Gasteiger partial charge on any atom is -0.332 e. The molecule has 0 unspecified atom stereocenters. The van der Waals surface area contributed by atoms with Crippen molar-refractivity contribution in [2.24, 2.45) is 0 Å². The van der Waals surface area contributed by atoms with Crippen LogP contribution < -0.4 is 0 Å². The lowest BCUT2D eigenvalue weighted by atomic mass is 10.6. The third-order valence-corrected chi connectivity index (χ3v) is 3.90. The summed E-state index contributed by atoms with van der Waals surface area (Å²) in [6.07, 6.45) is 0.932. The Morgan fingerprint density at radius 2 is 1.43 bits per heavy atom. The highest BCUT2D eigenvalue weighted by Gasteiger charge is 2.31. The molecule has 0 aromatic rings. The van der Waals surface area contributed by atoms with E-state index in [0.29, 0.717) is 19.8 Å². The number of hydrogen-bond acceptors (Lipinski definition) is 3. The molecule has 4 heteroatoms. The maximum absolute atomic E-state index is 5.60. The number of ether oxygens (including phenoxy) is 3. The van der Waals surface area contributed by atoms with Gasteiger partial charge in [-0.2, -0.15) is 0 Å². The Bertz CT molecular complexity index is 114. The molecule has 0 spiro atoms. The summed E-state index contributed by atoms with van der Waals surface area (Å²) in [6.45, 7) is 11.6. The number of rotatable bonds is 9. The Morgan fingerprint density at radius 3 is 1.71 bits per heavy atom. The molecule has 0 aromatic heterocycles. The Morgan fingerprint density at radius 1 is 1.00 bits per heavy atom. The van der Waals surface area contributed by atoms with E-state index in [1.54, 1.807) is 0 Å². The van der Waals surface area contributed by atoms with Gasteiger partial charge in [0.25, 0.3) is 0 Å². The molecule has 0 aliphatic carbocycles. The smallest absolute Gasteiger partial charge is 0.249 e. The molecule has 0 saturated heterocycles. The van der Waals surface area contributed by atoms with Gasteiger partial charge >= 0.3 is 0 Å². The van der Waals surface area contributed by atoms with Crippen LogP contribution in [-0.4, -0.2) is 34.9 Å². The average Bonchev–Trinajstić information content (AvgIpc) is 2.16. The molecule has 85 valence electrons. The summed E-state index contributed by atoms with van der Waals surface area (Å²) < 4.78 is 16.8. The lowest BCUT2D eigenvalue weighted by Gasteiger charge is -2.32. The van der Waals surface area contributed by atoms with E-state index in [-0.39, 0.29) is 0 Å². The Balaban J connectivity index is 4.21. The van der Waals surface area contributed by atoms with Crippen LogP contribution in [0.3, 0.4) is 0 Å². The van der Waals surface area contributed by atoms with Crippen molar-refractivity contribution in [1.29, 1.82) is 0 Å². The van der Waals surface area contributed by atoms with Gasteiger partial charge in [-0.25, -0.2) is 0 Å². The number of hydrogen-bond donors (Lipinski definition) is 0. The van der Waals surface area contributed by atoms with Crippen LogP contribution >= 0.6 is 0 Å². The van der Waals surface area contributed by atoms with E-state index in [4.69, 9.17) is 14.2 Å². The first-order valence-corrected chi connectivity index (χ1v) is 7.16. The molecule has 0 N–H and O–H groups in total. The molecule has 0 atom stereocenters. The van der Waals surface area contributed by atoms with Gasteiger partial charge in [-0.3, -0.25) is 0 Å². The largest absolute Gasteiger partial charge is 0.332 e. The van der Waals surface area contributed by atoms with E-state index in [9.17, 15) is 0 Å². The topological polar surface area (TPSA) is 27.7 Å². The second-order valence-electron chi connectivity index (χ2n) is 2.94. The zero-order valence-corrected chi connectivity index (χ0v) is 11.1. The van der Waals surface area contributed by atoms with Crippen LogP contribution in [-0.2, 0) is 14.2 Å². The van der Waals surface area contributed by atoms with E-state index in [1.807, 2.05) is 20.8 Å².